The number of aromatic nitrogens is 1. The highest BCUT2D eigenvalue weighted by Gasteiger charge is 2.28. The summed E-state index contributed by atoms with van der Waals surface area (Å²) < 4.78 is 28.7. The first-order valence-electron chi connectivity index (χ1n) is 9.13. The van der Waals surface area contributed by atoms with E-state index in [-0.39, 0.29) is 33.5 Å². The van der Waals surface area contributed by atoms with Crippen LogP contribution in [0.15, 0.2) is 65.8 Å². The number of nitrogens with one attached hydrogen (secondary N) is 2. The molecule has 1 unspecified atom stereocenters. The van der Waals surface area contributed by atoms with Gasteiger partial charge in [0.05, 0.1) is 10.7 Å². The Morgan fingerprint density at radius 3 is 2.81 bits per heavy atom. The summed E-state index contributed by atoms with van der Waals surface area (Å²) in [5.41, 5.74) is 2.13. The summed E-state index contributed by atoms with van der Waals surface area (Å²) in [4.78, 5) is 29.5. The first kappa shape index (κ1) is 20.9. The van der Waals surface area contributed by atoms with Crippen LogP contribution in [-0.2, 0) is 17.5 Å². The van der Waals surface area contributed by atoms with E-state index < -0.39 is 22.6 Å². The molecular formula is C22H15ClFN3O3S. The number of anilines is 1. The number of nitrogens with zero attached hydrogens (tertiary/aromatic N) is 1. The standard InChI is InChI=1S/C22H15ClFN3O3S/c23-17-8-13(3-5-18(17)24)9-20-21(28)16-10-15(4-6-19(16)27-31(20)30)22(29)26-12-14-2-1-7-25-11-14/h1-11,27H,12H2,(H,26,29)/b20-9+. The van der Waals surface area contributed by atoms with Crippen molar-refractivity contribution in [3.8, 4) is 0 Å². The van der Waals surface area contributed by atoms with Gasteiger partial charge in [0.15, 0.2) is 11.0 Å². The smallest absolute Gasteiger partial charge is 0.251 e. The van der Waals surface area contributed by atoms with Gasteiger partial charge in [0, 0.05) is 30.1 Å². The summed E-state index contributed by atoms with van der Waals surface area (Å²) in [7, 11) is -1.81. The van der Waals surface area contributed by atoms with Crippen LogP contribution in [-0.4, -0.2) is 20.9 Å². The minimum atomic E-state index is -1.81. The van der Waals surface area contributed by atoms with Gasteiger partial charge in [-0.1, -0.05) is 23.7 Å². The van der Waals surface area contributed by atoms with Gasteiger partial charge >= 0.3 is 0 Å². The van der Waals surface area contributed by atoms with Crippen LogP contribution in [0.5, 0.6) is 0 Å². The molecule has 1 aliphatic heterocycles. The van der Waals surface area contributed by atoms with Crippen molar-refractivity contribution < 1.29 is 18.2 Å². The predicted octanol–water partition coefficient (Wildman–Crippen LogP) is 4.12. The Morgan fingerprint density at radius 1 is 1.23 bits per heavy atom. The third-order valence-electron chi connectivity index (χ3n) is 4.57. The number of rotatable bonds is 4. The number of carbonyl (C=O) groups excluding carboxylic acids is 2. The minimum Gasteiger partial charge on any atom is -0.348 e. The molecule has 0 radical (unpaired) electrons. The molecule has 2 heterocycles. The number of hydrogen-bond donors (Lipinski definition) is 2. The van der Waals surface area contributed by atoms with Gasteiger partial charge in [-0.2, -0.15) is 0 Å². The molecule has 2 aromatic carbocycles. The largest absolute Gasteiger partial charge is 0.348 e. The van der Waals surface area contributed by atoms with Crippen molar-refractivity contribution in [1.82, 2.24) is 10.3 Å². The average molecular weight is 456 g/mol. The number of hydrogen-bond acceptors (Lipinski definition) is 4. The van der Waals surface area contributed by atoms with Crippen molar-refractivity contribution in [2.45, 2.75) is 6.54 Å². The number of amides is 1. The van der Waals surface area contributed by atoms with Crippen LogP contribution < -0.4 is 10.0 Å². The second-order valence-electron chi connectivity index (χ2n) is 6.69. The zero-order valence-corrected chi connectivity index (χ0v) is 17.5. The Bertz CT molecular complexity index is 1250. The number of ketones is 1. The van der Waals surface area contributed by atoms with Crippen LogP contribution in [0.3, 0.4) is 0 Å². The fourth-order valence-corrected chi connectivity index (χ4v) is 4.19. The second kappa shape index (κ2) is 8.79. The van der Waals surface area contributed by atoms with E-state index in [1.165, 1.54) is 30.3 Å². The van der Waals surface area contributed by atoms with E-state index in [1.807, 2.05) is 6.07 Å². The fraction of sp³-hybridized carbons (Fsp3) is 0.0455. The molecule has 3 aromatic rings. The van der Waals surface area contributed by atoms with Crippen molar-refractivity contribution >= 4 is 46.0 Å². The molecule has 4 rings (SSSR count). The first-order chi connectivity index (χ1) is 14.9. The van der Waals surface area contributed by atoms with E-state index in [0.717, 1.165) is 11.6 Å². The van der Waals surface area contributed by atoms with Gasteiger partial charge in [0.1, 0.15) is 10.7 Å². The van der Waals surface area contributed by atoms with Gasteiger partial charge in [0.2, 0.25) is 5.78 Å². The van der Waals surface area contributed by atoms with E-state index in [0.29, 0.717) is 11.3 Å². The van der Waals surface area contributed by atoms with Crippen molar-refractivity contribution in [2.24, 2.45) is 0 Å². The van der Waals surface area contributed by atoms with Crippen LogP contribution in [0.1, 0.15) is 31.8 Å². The van der Waals surface area contributed by atoms with Gasteiger partial charge in [-0.3, -0.25) is 14.6 Å². The fourth-order valence-electron chi connectivity index (χ4n) is 2.99. The van der Waals surface area contributed by atoms with E-state index in [4.69, 9.17) is 11.6 Å². The zero-order valence-electron chi connectivity index (χ0n) is 15.9. The van der Waals surface area contributed by atoms with Gasteiger partial charge in [0.25, 0.3) is 5.91 Å². The molecule has 1 aliphatic rings. The summed E-state index contributed by atoms with van der Waals surface area (Å²) in [6, 6.07) is 12.1. The van der Waals surface area contributed by atoms with Crippen molar-refractivity contribution in [3.63, 3.8) is 0 Å². The van der Waals surface area contributed by atoms with E-state index in [2.05, 4.69) is 15.0 Å². The molecule has 156 valence electrons. The van der Waals surface area contributed by atoms with Crippen LogP contribution >= 0.6 is 11.6 Å². The van der Waals surface area contributed by atoms with E-state index in [1.54, 1.807) is 24.5 Å². The Labute approximate surface area is 184 Å². The number of halogens is 2. The van der Waals surface area contributed by atoms with Crippen LogP contribution in [0.2, 0.25) is 5.02 Å². The lowest BCUT2D eigenvalue weighted by molar-refractivity contribution is 0.0951. The van der Waals surface area contributed by atoms with E-state index >= 15 is 0 Å². The number of allylic oxidation sites excluding steroid dienone is 1. The summed E-state index contributed by atoms with van der Waals surface area (Å²) in [5.74, 6) is -1.44. The SMILES string of the molecule is O=C(NCc1cccnc1)c1ccc2c(c1)C(=O)/C(=C\c1ccc(F)c(Cl)c1)S(=O)N2. The lowest BCUT2D eigenvalue weighted by Crippen LogP contribution is -2.25. The third-order valence-corrected chi connectivity index (χ3v) is 5.97. The van der Waals surface area contributed by atoms with Crippen LogP contribution in [0.4, 0.5) is 10.1 Å². The Balaban J connectivity index is 1.59. The predicted molar refractivity (Wildman–Crippen MR) is 117 cm³/mol. The molecule has 6 nitrogen and oxygen atoms in total. The van der Waals surface area contributed by atoms with Gasteiger partial charge < -0.3 is 10.0 Å². The molecule has 2 N–H and O–H groups in total. The highest BCUT2D eigenvalue weighted by Crippen LogP contribution is 2.30. The number of Topliss-reactive ketones (excluding diaryl/α,β-unsaturated/α-hetero) is 1. The minimum absolute atomic E-state index is 0.0249. The third kappa shape index (κ3) is 4.55. The number of pyridine rings is 1. The summed E-state index contributed by atoms with van der Waals surface area (Å²) in [5, 5.41) is 2.67. The van der Waals surface area contributed by atoms with Crippen molar-refractivity contribution in [1.29, 1.82) is 0 Å². The Hall–Kier alpha value is -3.36. The molecule has 0 aliphatic carbocycles. The average Bonchev–Trinajstić information content (AvgIpc) is 2.78. The van der Waals surface area contributed by atoms with Gasteiger partial charge in [-0.15, -0.1) is 0 Å². The summed E-state index contributed by atoms with van der Waals surface area (Å²) >= 11 is 5.79. The molecule has 0 saturated carbocycles. The highest BCUT2D eigenvalue weighted by atomic mass is 35.5. The van der Waals surface area contributed by atoms with Crippen LogP contribution in [0, 0.1) is 5.82 Å². The molecule has 1 atom stereocenters. The van der Waals surface area contributed by atoms with Crippen molar-refractivity contribution in [3.05, 3.63) is 98.9 Å². The molecular weight excluding hydrogens is 441 g/mol. The maximum Gasteiger partial charge on any atom is 0.251 e. The molecule has 9 heteroatoms. The maximum absolute atomic E-state index is 13.4. The first-order valence-corrected chi connectivity index (χ1v) is 10.7. The lowest BCUT2D eigenvalue weighted by atomic mass is 10.0. The van der Waals surface area contributed by atoms with Gasteiger partial charge in [-0.25, -0.2) is 8.60 Å². The second-order valence-corrected chi connectivity index (χ2v) is 8.27. The Kier molecular flexibility index (Phi) is 5.92. The normalized spacial score (nSPS) is 16.5. The molecule has 1 amide bonds. The summed E-state index contributed by atoms with van der Waals surface area (Å²) in [6.45, 7) is 0.288. The topological polar surface area (TPSA) is 88.2 Å². The number of carbonyl (C=O) groups is 2. The van der Waals surface area contributed by atoms with Gasteiger partial charge in [-0.05, 0) is 53.6 Å². The number of fused-ring (bicyclic) bond motifs is 1. The molecule has 0 bridgehead atoms. The molecule has 31 heavy (non-hydrogen) atoms. The quantitative estimate of drug-likeness (QED) is 0.579. The highest BCUT2D eigenvalue weighted by molar-refractivity contribution is 7.91. The summed E-state index contributed by atoms with van der Waals surface area (Å²) in [6.07, 6.45) is 4.67. The molecule has 1 aromatic heterocycles. The molecule has 0 spiro atoms. The van der Waals surface area contributed by atoms with E-state index in [9.17, 15) is 18.2 Å². The monoisotopic (exact) mass is 455 g/mol. The molecule has 0 saturated heterocycles. The lowest BCUT2D eigenvalue weighted by Gasteiger charge is -2.19. The van der Waals surface area contributed by atoms with Crippen LogP contribution in [0.25, 0.3) is 6.08 Å². The maximum atomic E-state index is 13.4. The zero-order chi connectivity index (χ0) is 22.0. The Morgan fingerprint density at radius 2 is 2.06 bits per heavy atom. The van der Waals surface area contributed by atoms with Crippen molar-refractivity contribution in [2.75, 3.05) is 4.72 Å². The molecule has 0 fully saturated rings. The number of benzene rings is 2.